The molecule has 0 aromatic carbocycles. The summed E-state index contributed by atoms with van der Waals surface area (Å²) in [4.78, 5) is 21.5. The van der Waals surface area contributed by atoms with Gasteiger partial charge in [-0.3, -0.25) is 4.79 Å². The minimum atomic E-state index is -0.141. The van der Waals surface area contributed by atoms with Crippen molar-refractivity contribution < 1.29 is 4.79 Å². The van der Waals surface area contributed by atoms with Crippen molar-refractivity contribution in [2.24, 2.45) is 5.92 Å². The average molecular weight is 264 g/mol. The molecule has 2 aromatic rings. The van der Waals surface area contributed by atoms with Crippen LogP contribution in [-0.4, -0.2) is 22.4 Å². The van der Waals surface area contributed by atoms with E-state index in [-0.39, 0.29) is 5.91 Å². The number of nitrogens with zero attached hydrogens (tertiary/aromatic N) is 2. The van der Waals surface area contributed by atoms with Gasteiger partial charge in [0.15, 0.2) is 0 Å². The van der Waals surface area contributed by atoms with Crippen molar-refractivity contribution in [3.8, 4) is 0 Å². The van der Waals surface area contributed by atoms with Crippen molar-refractivity contribution in [2.75, 3.05) is 12.3 Å². The van der Waals surface area contributed by atoms with Crippen LogP contribution >= 0.6 is 11.3 Å². The molecule has 0 fully saturated rings. The molecule has 0 aliphatic heterocycles. The van der Waals surface area contributed by atoms with Gasteiger partial charge in [0.05, 0.1) is 5.69 Å². The number of fused-ring (bicyclic) bond motifs is 1. The maximum atomic E-state index is 12.0. The summed E-state index contributed by atoms with van der Waals surface area (Å²) in [6, 6.07) is 0. The number of amides is 1. The molecule has 2 rings (SSSR count). The third kappa shape index (κ3) is 2.59. The van der Waals surface area contributed by atoms with Crippen molar-refractivity contribution in [1.29, 1.82) is 0 Å². The molecule has 2 heterocycles. The van der Waals surface area contributed by atoms with Gasteiger partial charge >= 0.3 is 0 Å². The predicted molar refractivity (Wildman–Crippen MR) is 73.6 cm³/mol. The zero-order valence-electron chi connectivity index (χ0n) is 10.4. The van der Waals surface area contributed by atoms with Gasteiger partial charge in [-0.2, -0.15) is 0 Å². The van der Waals surface area contributed by atoms with Gasteiger partial charge < -0.3 is 11.1 Å². The largest absolute Gasteiger partial charge is 0.396 e. The first-order valence-corrected chi connectivity index (χ1v) is 6.68. The average Bonchev–Trinajstić information content (AvgIpc) is 2.67. The summed E-state index contributed by atoms with van der Waals surface area (Å²) in [7, 11) is 0. The molecule has 18 heavy (non-hydrogen) atoms. The molecule has 5 nitrogen and oxygen atoms in total. The van der Waals surface area contributed by atoms with Gasteiger partial charge in [0.1, 0.15) is 15.2 Å². The zero-order valence-corrected chi connectivity index (χ0v) is 11.3. The van der Waals surface area contributed by atoms with Crippen molar-refractivity contribution in [2.45, 2.75) is 20.3 Å². The van der Waals surface area contributed by atoms with Crippen molar-refractivity contribution >= 4 is 33.3 Å². The molecule has 96 valence electrons. The van der Waals surface area contributed by atoms with Crippen LogP contribution < -0.4 is 11.1 Å². The number of thiophene rings is 1. The number of hydrogen-bond acceptors (Lipinski definition) is 5. The molecule has 0 unspecified atom stereocenters. The number of rotatable bonds is 4. The summed E-state index contributed by atoms with van der Waals surface area (Å²) in [5.74, 6) is 0.423. The molecule has 0 radical (unpaired) electrons. The van der Waals surface area contributed by atoms with Gasteiger partial charge in [0.25, 0.3) is 5.91 Å². The third-order valence-electron chi connectivity index (χ3n) is 2.58. The van der Waals surface area contributed by atoms with E-state index >= 15 is 0 Å². The van der Waals surface area contributed by atoms with Gasteiger partial charge in [-0.05, 0) is 12.3 Å². The lowest BCUT2D eigenvalue weighted by Crippen LogP contribution is -2.25. The molecule has 6 heteroatoms. The molecule has 0 saturated heterocycles. The van der Waals surface area contributed by atoms with E-state index in [0.29, 0.717) is 33.4 Å². The second kappa shape index (κ2) is 5.30. The van der Waals surface area contributed by atoms with Gasteiger partial charge in [-0.25, -0.2) is 9.97 Å². The van der Waals surface area contributed by atoms with Gasteiger partial charge in [-0.1, -0.05) is 13.8 Å². The van der Waals surface area contributed by atoms with Crippen LogP contribution in [0.15, 0.2) is 12.4 Å². The highest BCUT2D eigenvalue weighted by atomic mass is 32.1. The molecular weight excluding hydrogens is 248 g/mol. The summed E-state index contributed by atoms with van der Waals surface area (Å²) in [6.45, 7) is 4.90. The van der Waals surface area contributed by atoms with E-state index in [1.54, 1.807) is 12.4 Å². The SMILES string of the molecule is CC(C)CCNC(=O)c1sc2nccnc2c1N. The van der Waals surface area contributed by atoms with E-state index in [1.807, 2.05) is 0 Å². The first kappa shape index (κ1) is 12.8. The number of nitrogens with one attached hydrogen (secondary N) is 1. The van der Waals surface area contributed by atoms with Crippen LogP contribution in [0.1, 0.15) is 29.9 Å². The molecule has 0 aliphatic carbocycles. The van der Waals surface area contributed by atoms with E-state index in [9.17, 15) is 4.79 Å². The molecule has 0 saturated carbocycles. The summed E-state index contributed by atoms with van der Waals surface area (Å²) in [6.07, 6.45) is 4.12. The number of nitrogens with two attached hydrogens (primary N) is 1. The first-order valence-electron chi connectivity index (χ1n) is 5.86. The van der Waals surface area contributed by atoms with Crippen LogP contribution in [-0.2, 0) is 0 Å². The van der Waals surface area contributed by atoms with E-state index in [4.69, 9.17) is 5.73 Å². The summed E-state index contributed by atoms with van der Waals surface area (Å²) in [5.41, 5.74) is 6.95. The quantitative estimate of drug-likeness (QED) is 0.885. The second-order valence-corrected chi connectivity index (χ2v) is 5.49. The fourth-order valence-electron chi connectivity index (χ4n) is 1.57. The number of anilines is 1. The summed E-state index contributed by atoms with van der Waals surface area (Å²) >= 11 is 1.28. The highest BCUT2D eigenvalue weighted by Gasteiger charge is 2.17. The van der Waals surface area contributed by atoms with E-state index in [0.717, 1.165) is 6.42 Å². The fraction of sp³-hybridized carbons (Fsp3) is 0.417. The standard InChI is InChI=1S/C12H16N4OS/c1-7(2)3-4-15-11(17)10-8(13)9-12(18-10)16-6-5-14-9/h5-7H,3-4,13H2,1-2H3,(H,15,17). The Morgan fingerprint density at radius 1 is 1.44 bits per heavy atom. The lowest BCUT2D eigenvalue weighted by molar-refractivity contribution is 0.0957. The minimum Gasteiger partial charge on any atom is -0.396 e. The number of carbonyl (C=O) groups excluding carboxylic acids is 1. The Hall–Kier alpha value is -1.69. The lowest BCUT2D eigenvalue weighted by atomic mass is 10.1. The maximum Gasteiger partial charge on any atom is 0.263 e. The number of aromatic nitrogens is 2. The maximum absolute atomic E-state index is 12.0. The molecule has 0 bridgehead atoms. The van der Waals surface area contributed by atoms with Crippen LogP contribution in [0.3, 0.4) is 0 Å². The molecule has 0 aliphatic rings. The van der Waals surface area contributed by atoms with Gasteiger partial charge in [0.2, 0.25) is 0 Å². The Morgan fingerprint density at radius 2 is 2.17 bits per heavy atom. The van der Waals surface area contributed by atoms with Crippen LogP contribution in [0.5, 0.6) is 0 Å². The molecule has 1 amide bonds. The zero-order chi connectivity index (χ0) is 13.1. The first-order chi connectivity index (χ1) is 8.59. The van der Waals surface area contributed by atoms with Gasteiger partial charge in [-0.15, -0.1) is 11.3 Å². The topological polar surface area (TPSA) is 80.9 Å². The van der Waals surface area contributed by atoms with Crippen molar-refractivity contribution in [1.82, 2.24) is 15.3 Å². The minimum absolute atomic E-state index is 0.141. The van der Waals surface area contributed by atoms with Crippen LogP contribution in [0, 0.1) is 5.92 Å². The fourth-order valence-corrected chi connectivity index (χ4v) is 2.50. The van der Waals surface area contributed by atoms with E-state index in [1.165, 1.54) is 11.3 Å². The van der Waals surface area contributed by atoms with Crippen LogP contribution in [0.25, 0.3) is 10.3 Å². The Labute approximate surface area is 109 Å². The third-order valence-corrected chi connectivity index (χ3v) is 3.68. The van der Waals surface area contributed by atoms with Crippen molar-refractivity contribution in [3.05, 3.63) is 17.3 Å². The Kier molecular flexibility index (Phi) is 3.76. The molecule has 0 spiro atoms. The predicted octanol–water partition coefficient (Wildman–Crippen LogP) is 2.05. The van der Waals surface area contributed by atoms with Gasteiger partial charge in [0, 0.05) is 18.9 Å². The molecule has 0 atom stereocenters. The summed E-state index contributed by atoms with van der Waals surface area (Å²) < 4.78 is 0. The number of nitrogen functional groups attached to an aromatic ring is 1. The normalized spacial score (nSPS) is 11.1. The second-order valence-electron chi connectivity index (χ2n) is 4.49. The highest BCUT2D eigenvalue weighted by Crippen LogP contribution is 2.30. The smallest absolute Gasteiger partial charge is 0.263 e. The lowest BCUT2D eigenvalue weighted by Gasteiger charge is -2.06. The number of carbonyl (C=O) groups is 1. The Balaban J connectivity index is 2.15. The molecular formula is C12H16N4OS. The van der Waals surface area contributed by atoms with E-state index in [2.05, 4.69) is 29.1 Å². The summed E-state index contributed by atoms with van der Waals surface area (Å²) in [5, 5.41) is 2.87. The van der Waals surface area contributed by atoms with Crippen molar-refractivity contribution in [3.63, 3.8) is 0 Å². The Bertz CT molecular complexity index is 564. The Morgan fingerprint density at radius 3 is 2.83 bits per heavy atom. The number of hydrogen-bond donors (Lipinski definition) is 2. The van der Waals surface area contributed by atoms with Crippen LogP contribution in [0.4, 0.5) is 5.69 Å². The van der Waals surface area contributed by atoms with Crippen LogP contribution in [0.2, 0.25) is 0 Å². The molecule has 3 N–H and O–H groups in total. The monoisotopic (exact) mass is 264 g/mol. The highest BCUT2D eigenvalue weighted by molar-refractivity contribution is 7.21. The van der Waals surface area contributed by atoms with E-state index < -0.39 is 0 Å². The molecule has 2 aromatic heterocycles.